The number of rotatable bonds is 5. The predicted octanol–water partition coefficient (Wildman–Crippen LogP) is 2.88. The van der Waals surface area contributed by atoms with Gasteiger partial charge in [-0.1, -0.05) is 15.9 Å². The van der Waals surface area contributed by atoms with E-state index in [0.717, 1.165) is 17.6 Å². The van der Waals surface area contributed by atoms with E-state index in [2.05, 4.69) is 26.1 Å². The summed E-state index contributed by atoms with van der Waals surface area (Å²) < 4.78 is 28.2. The van der Waals surface area contributed by atoms with E-state index >= 15 is 0 Å². The number of sulfonamides is 1. The van der Waals surface area contributed by atoms with Gasteiger partial charge in [-0.15, -0.1) is 0 Å². The van der Waals surface area contributed by atoms with Crippen molar-refractivity contribution in [3.8, 4) is 0 Å². The van der Waals surface area contributed by atoms with Gasteiger partial charge in [0.1, 0.15) is 0 Å². The highest BCUT2D eigenvalue weighted by Gasteiger charge is 2.33. The van der Waals surface area contributed by atoms with Gasteiger partial charge >= 0.3 is 0 Å². The highest BCUT2D eigenvalue weighted by Crippen LogP contribution is 2.26. The number of piperidine rings is 1. The third-order valence-corrected chi connectivity index (χ3v) is 8.80. The average molecular weight is 549 g/mol. The molecule has 2 aromatic carbocycles. The van der Waals surface area contributed by atoms with E-state index in [9.17, 15) is 18.0 Å². The summed E-state index contributed by atoms with van der Waals surface area (Å²) in [7, 11) is -1.62. The Hall–Kier alpha value is -2.27. The van der Waals surface area contributed by atoms with Gasteiger partial charge in [0.25, 0.3) is 5.91 Å². The molecule has 2 heterocycles. The van der Waals surface area contributed by atoms with Crippen LogP contribution in [0.2, 0.25) is 0 Å². The van der Waals surface area contributed by atoms with Crippen molar-refractivity contribution in [3.63, 3.8) is 0 Å². The first-order valence-corrected chi connectivity index (χ1v) is 13.6. The molecule has 1 atom stereocenters. The molecule has 10 heteroatoms. The molecule has 2 saturated heterocycles. The summed E-state index contributed by atoms with van der Waals surface area (Å²) in [5, 5.41) is 2.88. The van der Waals surface area contributed by atoms with Gasteiger partial charge in [0.05, 0.1) is 10.8 Å². The molecule has 0 aromatic heterocycles. The Morgan fingerprint density at radius 1 is 0.941 bits per heavy atom. The first-order valence-electron chi connectivity index (χ1n) is 11.4. The number of piperazine rings is 1. The van der Waals surface area contributed by atoms with Crippen LogP contribution >= 0.6 is 15.9 Å². The van der Waals surface area contributed by atoms with E-state index in [0.29, 0.717) is 43.7 Å². The molecule has 182 valence electrons. The van der Waals surface area contributed by atoms with Crippen molar-refractivity contribution in [3.05, 3.63) is 58.6 Å². The minimum absolute atomic E-state index is 0.00736. The van der Waals surface area contributed by atoms with E-state index in [1.807, 2.05) is 11.9 Å². The number of amides is 2. The van der Waals surface area contributed by atoms with Crippen molar-refractivity contribution in [2.75, 3.05) is 51.6 Å². The van der Waals surface area contributed by atoms with Gasteiger partial charge in [-0.2, -0.15) is 4.31 Å². The summed E-state index contributed by atoms with van der Waals surface area (Å²) >= 11 is 3.32. The zero-order valence-electron chi connectivity index (χ0n) is 19.1. The summed E-state index contributed by atoms with van der Waals surface area (Å²) in [6.07, 6.45) is 1.24. The average Bonchev–Trinajstić information content (AvgIpc) is 2.85. The Kier molecular flexibility index (Phi) is 7.71. The van der Waals surface area contributed by atoms with Crippen molar-refractivity contribution >= 4 is 43.5 Å². The second-order valence-corrected chi connectivity index (χ2v) is 11.7. The Morgan fingerprint density at radius 2 is 1.59 bits per heavy atom. The fourth-order valence-electron chi connectivity index (χ4n) is 4.26. The molecule has 34 heavy (non-hydrogen) atoms. The summed E-state index contributed by atoms with van der Waals surface area (Å²) in [5.41, 5.74) is 1.18. The maximum atomic E-state index is 13.0. The van der Waals surface area contributed by atoms with Crippen LogP contribution in [-0.4, -0.2) is 80.7 Å². The van der Waals surface area contributed by atoms with E-state index in [4.69, 9.17) is 0 Å². The molecule has 8 nitrogen and oxygen atoms in total. The van der Waals surface area contributed by atoms with Crippen LogP contribution in [0, 0.1) is 5.92 Å². The summed E-state index contributed by atoms with van der Waals surface area (Å²) in [6.45, 7) is 3.66. The molecule has 4 rings (SSSR count). The number of carbonyl (C=O) groups excluding carboxylic acids is 2. The minimum atomic E-state index is -3.66. The third-order valence-electron chi connectivity index (χ3n) is 6.40. The highest BCUT2D eigenvalue weighted by atomic mass is 79.9. The van der Waals surface area contributed by atoms with E-state index < -0.39 is 15.9 Å². The smallest absolute Gasteiger partial charge is 0.253 e. The second kappa shape index (κ2) is 10.6. The molecule has 1 N–H and O–H groups in total. The molecule has 0 saturated carbocycles. The van der Waals surface area contributed by atoms with Crippen molar-refractivity contribution < 1.29 is 18.0 Å². The number of carbonyl (C=O) groups is 2. The molecule has 0 bridgehead atoms. The number of nitrogens with zero attached hydrogens (tertiary/aromatic N) is 3. The quantitative estimate of drug-likeness (QED) is 0.620. The SMILES string of the molecule is CN1CCN(C(=O)c2ccc(NC(=O)C3CCCN(S(=O)(=O)c4ccc(Br)cc4)C3)cc2)CC1. The molecule has 2 aliphatic heterocycles. The van der Waals surface area contributed by atoms with Crippen LogP contribution in [0.5, 0.6) is 0 Å². The summed E-state index contributed by atoms with van der Waals surface area (Å²) in [6, 6.07) is 13.4. The molecule has 0 aliphatic carbocycles. The number of benzene rings is 2. The van der Waals surface area contributed by atoms with Gasteiger partial charge < -0.3 is 15.1 Å². The number of likely N-dealkylation sites (N-methyl/N-ethyl adjacent to an activating group) is 1. The molecule has 0 spiro atoms. The topological polar surface area (TPSA) is 90.0 Å². The van der Waals surface area contributed by atoms with Crippen molar-refractivity contribution in [1.82, 2.24) is 14.1 Å². The van der Waals surface area contributed by atoms with Crippen LogP contribution < -0.4 is 5.32 Å². The number of nitrogens with one attached hydrogen (secondary N) is 1. The Balaban J connectivity index is 1.37. The first kappa shape index (κ1) is 24.8. The van der Waals surface area contributed by atoms with Gasteiger partial charge in [0, 0.05) is 55.0 Å². The Bertz CT molecular complexity index is 1130. The fourth-order valence-corrected chi connectivity index (χ4v) is 6.05. The van der Waals surface area contributed by atoms with Gasteiger partial charge in [0.2, 0.25) is 15.9 Å². The van der Waals surface area contributed by atoms with Gasteiger partial charge in [-0.3, -0.25) is 9.59 Å². The second-order valence-electron chi connectivity index (χ2n) is 8.82. The van der Waals surface area contributed by atoms with Crippen molar-refractivity contribution in [1.29, 1.82) is 0 Å². The summed E-state index contributed by atoms with van der Waals surface area (Å²) in [5.74, 6) is -0.661. The lowest BCUT2D eigenvalue weighted by molar-refractivity contribution is -0.120. The van der Waals surface area contributed by atoms with Gasteiger partial charge in [0.15, 0.2) is 0 Å². The van der Waals surface area contributed by atoms with Crippen LogP contribution in [0.1, 0.15) is 23.2 Å². The molecule has 2 aromatic rings. The lowest BCUT2D eigenvalue weighted by atomic mass is 9.98. The maximum Gasteiger partial charge on any atom is 0.253 e. The standard InChI is InChI=1S/C24H29BrN4O4S/c1-27-13-15-28(16-14-27)24(31)18-4-8-21(9-5-18)26-23(30)19-3-2-12-29(17-19)34(32,33)22-10-6-20(25)7-11-22/h4-11,19H,2-3,12-17H2,1H3,(H,26,30). The molecule has 0 radical (unpaired) electrons. The lowest BCUT2D eigenvalue weighted by Crippen LogP contribution is -2.47. The van der Waals surface area contributed by atoms with Crippen molar-refractivity contribution in [2.24, 2.45) is 5.92 Å². The first-order chi connectivity index (χ1) is 16.2. The Labute approximate surface area is 209 Å². The number of hydrogen-bond acceptors (Lipinski definition) is 5. The van der Waals surface area contributed by atoms with Crippen LogP contribution in [0.4, 0.5) is 5.69 Å². The van der Waals surface area contributed by atoms with Crippen LogP contribution in [0.15, 0.2) is 57.9 Å². The highest BCUT2D eigenvalue weighted by molar-refractivity contribution is 9.10. The maximum absolute atomic E-state index is 13.0. The van der Waals surface area contributed by atoms with Gasteiger partial charge in [-0.25, -0.2) is 8.42 Å². The normalized spacial score (nSPS) is 20.2. The van der Waals surface area contributed by atoms with Crippen LogP contribution in [-0.2, 0) is 14.8 Å². The zero-order chi connectivity index (χ0) is 24.3. The molecule has 2 aliphatic rings. The third kappa shape index (κ3) is 5.68. The van der Waals surface area contributed by atoms with Crippen LogP contribution in [0.25, 0.3) is 0 Å². The molecule has 2 amide bonds. The largest absolute Gasteiger partial charge is 0.336 e. The van der Waals surface area contributed by atoms with Gasteiger partial charge in [-0.05, 0) is 68.4 Å². The number of anilines is 1. The van der Waals surface area contributed by atoms with E-state index in [1.54, 1.807) is 48.5 Å². The number of halogens is 1. The Morgan fingerprint density at radius 3 is 2.24 bits per heavy atom. The fraction of sp³-hybridized carbons (Fsp3) is 0.417. The van der Waals surface area contributed by atoms with E-state index in [-0.39, 0.29) is 23.3 Å². The van der Waals surface area contributed by atoms with Crippen molar-refractivity contribution in [2.45, 2.75) is 17.7 Å². The van der Waals surface area contributed by atoms with E-state index in [1.165, 1.54) is 4.31 Å². The monoisotopic (exact) mass is 548 g/mol. The zero-order valence-corrected chi connectivity index (χ0v) is 21.5. The lowest BCUT2D eigenvalue weighted by Gasteiger charge is -2.32. The molecular weight excluding hydrogens is 520 g/mol. The molecular formula is C24H29BrN4O4S. The molecule has 2 fully saturated rings. The minimum Gasteiger partial charge on any atom is -0.336 e. The molecule has 1 unspecified atom stereocenters. The predicted molar refractivity (Wildman–Crippen MR) is 134 cm³/mol. The van der Waals surface area contributed by atoms with Crippen LogP contribution in [0.3, 0.4) is 0 Å². The number of hydrogen-bond donors (Lipinski definition) is 1. The summed E-state index contributed by atoms with van der Waals surface area (Å²) in [4.78, 5) is 29.9.